The van der Waals surface area contributed by atoms with Gasteiger partial charge in [-0.1, -0.05) is 18.2 Å². The van der Waals surface area contributed by atoms with Crippen molar-refractivity contribution in [3.05, 3.63) is 52.6 Å². The number of benzene rings is 1. The number of alkyl halides is 3. The second kappa shape index (κ2) is 4.49. The minimum absolute atomic E-state index is 0.0208. The van der Waals surface area contributed by atoms with Gasteiger partial charge >= 0.3 is 6.18 Å². The lowest BCUT2D eigenvalue weighted by atomic mass is 10.0. The number of pyridine rings is 1. The normalized spacial score (nSPS) is 11.5. The average molecular weight is 301 g/mol. The second-order valence-corrected chi connectivity index (χ2v) is 4.14. The number of hydrogen-bond acceptors (Lipinski definition) is 1. The van der Waals surface area contributed by atoms with Gasteiger partial charge in [-0.2, -0.15) is 13.2 Å². The number of nitrogens with zero attached hydrogens (tertiary/aromatic N) is 1. The van der Waals surface area contributed by atoms with Crippen molar-refractivity contribution in [1.29, 1.82) is 0 Å². The largest absolute Gasteiger partial charge is 0.417 e. The molecule has 0 aliphatic rings. The summed E-state index contributed by atoms with van der Waals surface area (Å²) in [5.41, 5.74) is -0.524. The van der Waals surface area contributed by atoms with Crippen molar-refractivity contribution in [2.24, 2.45) is 0 Å². The van der Waals surface area contributed by atoms with Gasteiger partial charge in [-0.25, -0.2) is 0 Å². The summed E-state index contributed by atoms with van der Waals surface area (Å²) in [6, 6.07) is 9.64. The lowest BCUT2D eigenvalue weighted by Gasteiger charge is -2.12. The maximum Gasteiger partial charge on any atom is 0.417 e. The quantitative estimate of drug-likeness (QED) is 0.764. The summed E-state index contributed by atoms with van der Waals surface area (Å²) >= 11 is 3.19. The lowest BCUT2D eigenvalue weighted by molar-refractivity contribution is -0.137. The van der Waals surface area contributed by atoms with Gasteiger partial charge in [0.15, 0.2) is 0 Å². The summed E-state index contributed by atoms with van der Waals surface area (Å²) in [6.07, 6.45) is -2.99. The smallest absolute Gasteiger partial charge is 0.255 e. The summed E-state index contributed by atoms with van der Waals surface area (Å²) in [7, 11) is 0. The fraction of sp³-hybridized carbons (Fsp3) is 0.0833. The zero-order valence-corrected chi connectivity index (χ0v) is 10.0. The van der Waals surface area contributed by atoms with E-state index in [2.05, 4.69) is 27.0 Å². The predicted octanol–water partition coefficient (Wildman–Crippen LogP) is 4.33. The van der Waals surface area contributed by atoms with Crippen molar-refractivity contribution in [3.63, 3.8) is 0 Å². The topological polar surface area (TPSA) is 12.9 Å². The van der Waals surface area contributed by atoms with Gasteiger partial charge in [-0.15, -0.1) is 0 Å². The molecule has 0 spiro atoms. The third-order valence-electron chi connectivity index (χ3n) is 2.15. The summed E-state index contributed by atoms with van der Waals surface area (Å²) in [4.78, 5) is 3.96. The maximum atomic E-state index is 12.8. The molecular formula is C12H6BrF3N. The lowest BCUT2D eigenvalue weighted by Crippen LogP contribution is -2.07. The highest BCUT2D eigenvalue weighted by atomic mass is 79.9. The zero-order chi connectivity index (χ0) is 12.5. The zero-order valence-electron chi connectivity index (χ0n) is 8.42. The Morgan fingerprint density at radius 2 is 1.94 bits per heavy atom. The molecule has 0 bridgehead atoms. The van der Waals surface area contributed by atoms with Gasteiger partial charge in [0.1, 0.15) is 0 Å². The van der Waals surface area contributed by atoms with E-state index in [1.165, 1.54) is 24.4 Å². The summed E-state index contributed by atoms with van der Waals surface area (Å²) in [5.74, 6) is 0. The number of aromatic nitrogens is 1. The standard InChI is InChI=1S/C12H6BrF3N/c13-10-6-3-7-17-11(10)8-4-1-2-5-9(8)12(14,15)16/h1-4,6-7H. The van der Waals surface area contributed by atoms with Crippen LogP contribution in [0.5, 0.6) is 0 Å². The van der Waals surface area contributed by atoms with Crippen LogP contribution in [0.1, 0.15) is 5.56 Å². The maximum absolute atomic E-state index is 12.8. The Kier molecular flexibility index (Phi) is 3.19. The first-order chi connectivity index (χ1) is 8.00. The van der Waals surface area contributed by atoms with E-state index in [1.54, 1.807) is 12.1 Å². The molecule has 1 radical (unpaired) electrons. The molecule has 0 amide bonds. The van der Waals surface area contributed by atoms with Crippen molar-refractivity contribution in [3.8, 4) is 11.3 Å². The van der Waals surface area contributed by atoms with Crippen LogP contribution in [0.25, 0.3) is 11.3 Å². The molecule has 87 valence electrons. The predicted molar refractivity (Wildman–Crippen MR) is 61.2 cm³/mol. The molecule has 1 nitrogen and oxygen atoms in total. The molecule has 0 aliphatic heterocycles. The van der Waals surface area contributed by atoms with E-state index < -0.39 is 11.7 Å². The SMILES string of the molecule is FC(F)(F)c1[c]cccc1-c1ncccc1Br. The van der Waals surface area contributed by atoms with E-state index in [4.69, 9.17) is 0 Å². The van der Waals surface area contributed by atoms with Crippen LogP contribution in [0.15, 0.2) is 41.0 Å². The van der Waals surface area contributed by atoms with Crippen LogP contribution in [-0.4, -0.2) is 4.98 Å². The number of rotatable bonds is 1. The van der Waals surface area contributed by atoms with Crippen LogP contribution in [-0.2, 0) is 6.18 Å². The fourth-order valence-electron chi connectivity index (χ4n) is 1.45. The summed E-state index contributed by atoms with van der Waals surface area (Å²) < 4.78 is 38.9. The van der Waals surface area contributed by atoms with Gasteiger partial charge in [-0.3, -0.25) is 4.98 Å². The number of halogens is 4. The first-order valence-electron chi connectivity index (χ1n) is 4.69. The molecule has 0 fully saturated rings. The second-order valence-electron chi connectivity index (χ2n) is 3.29. The molecule has 2 rings (SSSR count). The average Bonchev–Trinajstić information content (AvgIpc) is 2.28. The Morgan fingerprint density at radius 3 is 2.59 bits per heavy atom. The molecule has 0 aliphatic carbocycles. The molecule has 2 aromatic rings. The summed E-state index contributed by atoms with van der Waals surface area (Å²) in [5, 5.41) is 0. The van der Waals surface area contributed by atoms with Gasteiger partial charge in [0.2, 0.25) is 0 Å². The Hall–Kier alpha value is -1.36. The molecule has 17 heavy (non-hydrogen) atoms. The molecule has 0 atom stereocenters. The molecule has 5 heteroatoms. The molecule has 0 saturated heterocycles. The minimum Gasteiger partial charge on any atom is -0.255 e. The van der Waals surface area contributed by atoms with Gasteiger partial charge in [-0.05, 0) is 34.1 Å². The van der Waals surface area contributed by atoms with E-state index in [9.17, 15) is 13.2 Å². The molecule has 0 N–H and O–H groups in total. The molecular weight excluding hydrogens is 295 g/mol. The minimum atomic E-state index is -4.44. The molecule has 1 aromatic carbocycles. The van der Waals surface area contributed by atoms with Crippen LogP contribution in [0.2, 0.25) is 0 Å². The van der Waals surface area contributed by atoms with E-state index in [1.807, 2.05) is 0 Å². The number of hydrogen-bond donors (Lipinski definition) is 0. The third kappa shape index (κ3) is 2.49. The van der Waals surface area contributed by atoms with Gasteiger partial charge in [0, 0.05) is 16.2 Å². The third-order valence-corrected chi connectivity index (χ3v) is 2.79. The van der Waals surface area contributed by atoms with E-state index in [0.29, 0.717) is 4.47 Å². The molecule has 1 heterocycles. The van der Waals surface area contributed by atoms with Gasteiger partial charge < -0.3 is 0 Å². The van der Waals surface area contributed by atoms with E-state index in [0.717, 1.165) is 0 Å². The fourth-order valence-corrected chi connectivity index (χ4v) is 1.92. The van der Waals surface area contributed by atoms with Crippen LogP contribution < -0.4 is 0 Å². The van der Waals surface area contributed by atoms with Gasteiger partial charge in [0.05, 0.1) is 11.3 Å². The Balaban J connectivity index is 2.65. The molecule has 1 aromatic heterocycles. The van der Waals surface area contributed by atoms with Crippen LogP contribution in [0.4, 0.5) is 13.2 Å². The summed E-state index contributed by atoms with van der Waals surface area (Å²) in [6.45, 7) is 0. The Labute approximate surface area is 104 Å². The molecule has 0 unspecified atom stereocenters. The first-order valence-corrected chi connectivity index (χ1v) is 5.48. The Bertz CT molecular complexity index is 537. The van der Waals surface area contributed by atoms with Crippen molar-refractivity contribution >= 4 is 15.9 Å². The van der Waals surface area contributed by atoms with Crippen molar-refractivity contribution in [1.82, 2.24) is 4.98 Å². The van der Waals surface area contributed by atoms with Gasteiger partial charge in [0.25, 0.3) is 0 Å². The van der Waals surface area contributed by atoms with Crippen molar-refractivity contribution in [2.45, 2.75) is 6.18 Å². The Morgan fingerprint density at radius 1 is 1.18 bits per heavy atom. The highest BCUT2D eigenvalue weighted by molar-refractivity contribution is 9.10. The highest BCUT2D eigenvalue weighted by Gasteiger charge is 2.34. The van der Waals surface area contributed by atoms with E-state index >= 15 is 0 Å². The van der Waals surface area contributed by atoms with Crippen molar-refractivity contribution in [2.75, 3.05) is 0 Å². The first kappa shape index (κ1) is 12.1. The highest BCUT2D eigenvalue weighted by Crippen LogP contribution is 2.37. The molecule has 0 saturated carbocycles. The monoisotopic (exact) mass is 300 g/mol. The van der Waals surface area contributed by atoms with Crippen molar-refractivity contribution < 1.29 is 13.2 Å². The van der Waals surface area contributed by atoms with E-state index in [-0.39, 0.29) is 11.3 Å². The van der Waals surface area contributed by atoms with Crippen LogP contribution in [0.3, 0.4) is 0 Å². The van der Waals surface area contributed by atoms with Crippen LogP contribution >= 0.6 is 15.9 Å². The van der Waals surface area contributed by atoms with Crippen LogP contribution in [0, 0.1) is 6.07 Å².